The minimum absolute atomic E-state index is 0.484. The summed E-state index contributed by atoms with van der Waals surface area (Å²) in [4.78, 5) is 6.91. The van der Waals surface area contributed by atoms with Crippen molar-refractivity contribution >= 4 is 23.1 Å². The summed E-state index contributed by atoms with van der Waals surface area (Å²) >= 11 is 1.89. The molecule has 1 heterocycles. The van der Waals surface area contributed by atoms with Gasteiger partial charge in [-0.2, -0.15) is 0 Å². The second kappa shape index (κ2) is 6.76. The van der Waals surface area contributed by atoms with Gasteiger partial charge in [0.25, 0.3) is 0 Å². The highest BCUT2D eigenvalue weighted by molar-refractivity contribution is 7.99. The Morgan fingerprint density at radius 2 is 1.41 bits per heavy atom. The van der Waals surface area contributed by atoms with Crippen molar-refractivity contribution in [2.24, 2.45) is 0 Å². The topological polar surface area (TPSA) is 7.68 Å². The third-order valence-electron chi connectivity index (χ3n) is 4.49. The van der Waals surface area contributed by atoms with Crippen molar-refractivity contribution in [3.63, 3.8) is 0 Å². The molecule has 1 aliphatic heterocycles. The van der Waals surface area contributed by atoms with Crippen LogP contribution in [0.4, 0.5) is 11.4 Å². The molecule has 1 atom stereocenters. The highest BCUT2D eigenvalue weighted by atomic mass is 32.2. The zero-order chi connectivity index (χ0) is 15.5. The van der Waals surface area contributed by atoms with Crippen molar-refractivity contribution in [1.82, 2.24) is 0 Å². The SMILES string of the molecule is CC[NH+](CC)CC(C)N1c2ccccc2Sc2ccccc21. The summed E-state index contributed by atoms with van der Waals surface area (Å²) in [5.74, 6) is 0. The fourth-order valence-corrected chi connectivity index (χ4v) is 4.33. The minimum Gasteiger partial charge on any atom is -0.334 e. The smallest absolute Gasteiger partial charge is 0.0979 e. The summed E-state index contributed by atoms with van der Waals surface area (Å²) in [6.45, 7) is 10.5. The third-order valence-corrected chi connectivity index (χ3v) is 5.62. The number of benzene rings is 2. The van der Waals surface area contributed by atoms with Crippen LogP contribution in [0.25, 0.3) is 0 Å². The highest BCUT2D eigenvalue weighted by Gasteiger charge is 2.28. The van der Waals surface area contributed by atoms with Gasteiger partial charge in [-0.3, -0.25) is 0 Å². The van der Waals surface area contributed by atoms with E-state index in [2.05, 4.69) is 74.2 Å². The van der Waals surface area contributed by atoms with Crippen molar-refractivity contribution in [3.05, 3.63) is 48.5 Å². The first kappa shape index (κ1) is 15.4. The van der Waals surface area contributed by atoms with Crippen LogP contribution in [0.15, 0.2) is 58.3 Å². The number of hydrogen-bond donors (Lipinski definition) is 1. The van der Waals surface area contributed by atoms with Gasteiger partial charge in [-0.05, 0) is 45.0 Å². The highest BCUT2D eigenvalue weighted by Crippen LogP contribution is 2.48. The molecule has 0 saturated carbocycles. The Bertz CT molecular complexity index is 591. The summed E-state index contributed by atoms with van der Waals surface area (Å²) in [5.41, 5.74) is 2.70. The van der Waals surface area contributed by atoms with E-state index in [9.17, 15) is 0 Å². The van der Waals surface area contributed by atoms with E-state index in [0.29, 0.717) is 6.04 Å². The van der Waals surface area contributed by atoms with Crippen LogP contribution in [-0.4, -0.2) is 25.7 Å². The Morgan fingerprint density at radius 1 is 0.909 bits per heavy atom. The number of quaternary nitrogens is 1. The summed E-state index contributed by atoms with van der Waals surface area (Å²) in [7, 11) is 0. The lowest BCUT2D eigenvalue weighted by molar-refractivity contribution is -0.897. The molecule has 0 aliphatic carbocycles. The molecule has 0 spiro atoms. The lowest BCUT2D eigenvalue weighted by Crippen LogP contribution is -3.12. The Kier molecular flexibility index (Phi) is 4.74. The van der Waals surface area contributed by atoms with E-state index in [-0.39, 0.29) is 0 Å². The molecule has 0 radical (unpaired) electrons. The van der Waals surface area contributed by atoms with Gasteiger partial charge in [0, 0.05) is 9.79 Å². The van der Waals surface area contributed by atoms with E-state index in [4.69, 9.17) is 0 Å². The monoisotopic (exact) mass is 313 g/mol. The summed E-state index contributed by atoms with van der Waals surface area (Å²) in [6, 6.07) is 18.0. The quantitative estimate of drug-likeness (QED) is 0.902. The van der Waals surface area contributed by atoms with Gasteiger partial charge in [-0.25, -0.2) is 0 Å². The molecular formula is C19H25N2S+. The number of hydrogen-bond acceptors (Lipinski definition) is 2. The summed E-state index contributed by atoms with van der Waals surface area (Å²) in [6.07, 6.45) is 0. The minimum atomic E-state index is 0.484. The first-order valence-corrected chi connectivity index (χ1v) is 9.05. The molecule has 0 saturated heterocycles. The molecule has 1 aliphatic rings. The van der Waals surface area contributed by atoms with Gasteiger partial charge in [0.05, 0.1) is 37.1 Å². The van der Waals surface area contributed by atoms with Gasteiger partial charge in [0.2, 0.25) is 0 Å². The second-order valence-electron chi connectivity index (χ2n) is 5.92. The van der Waals surface area contributed by atoms with Crippen LogP contribution in [0, 0.1) is 0 Å². The van der Waals surface area contributed by atoms with Gasteiger partial charge >= 0.3 is 0 Å². The van der Waals surface area contributed by atoms with E-state index >= 15 is 0 Å². The number of nitrogens with zero attached hydrogens (tertiary/aromatic N) is 1. The Labute approximate surface area is 138 Å². The summed E-state index contributed by atoms with van der Waals surface area (Å²) in [5, 5.41) is 0. The number of para-hydroxylation sites is 2. The Hall–Kier alpha value is -1.45. The molecule has 2 nitrogen and oxygen atoms in total. The maximum absolute atomic E-state index is 2.53. The third kappa shape index (κ3) is 2.88. The summed E-state index contributed by atoms with van der Waals surface area (Å²) < 4.78 is 0. The second-order valence-corrected chi connectivity index (χ2v) is 7.00. The van der Waals surface area contributed by atoms with Gasteiger partial charge in [0.15, 0.2) is 0 Å². The van der Waals surface area contributed by atoms with Crippen LogP contribution in [0.2, 0.25) is 0 Å². The van der Waals surface area contributed by atoms with Crippen molar-refractivity contribution < 1.29 is 4.90 Å². The first-order chi connectivity index (χ1) is 10.7. The first-order valence-electron chi connectivity index (χ1n) is 8.23. The Balaban J connectivity index is 1.99. The van der Waals surface area contributed by atoms with Crippen LogP contribution in [0.5, 0.6) is 0 Å². The normalized spacial score (nSPS) is 14.6. The lowest BCUT2D eigenvalue weighted by atomic mass is 10.1. The zero-order valence-electron chi connectivity index (χ0n) is 13.7. The van der Waals surface area contributed by atoms with Gasteiger partial charge in [-0.1, -0.05) is 36.0 Å². The van der Waals surface area contributed by atoms with E-state index in [0.717, 1.165) is 0 Å². The molecule has 3 heteroatoms. The van der Waals surface area contributed by atoms with Crippen LogP contribution in [0.3, 0.4) is 0 Å². The molecular weight excluding hydrogens is 288 g/mol. The average Bonchev–Trinajstić information content (AvgIpc) is 2.57. The van der Waals surface area contributed by atoms with Crippen molar-refractivity contribution in [2.75, 3.05) is 24.5 Å². The maximum atomic E-state index is 2.53. The molecule has 116 valence electrons. The molecule has 0 bridgehead atoms. The molecule has 2 aromatic carbocycles. The van der Waals surface area contributed by atoms with E-state index in [1.807, 2.05) is 11.8 Å². The lowest BCUT2D eigenvalue weighted by Gasteiger charge is -2.37. The van der Waals surface area contributed by atoms with E-state index < -0.39 is 0 Å². The predicted octanol–water partition coefficient (Wildman–Crippen LogP) is 3.60. The molecule has 0 aromatic heterocycles. The fraction of sp³-hybridized carbons (Fsp3) is 0.368. The number of fused-ring (bicyclic) bond motifs is 2. The molecule has 0 amide bonds. The molecule has 1 N–H and O–H groups in total. The van der Waals surface area contributed by atoms with Crippen LogP contribution >= 0.6 is 11.8 Å². The van der Waals surface area contributed by atoms with Crippen molar-refractivity contribution in [3.8, 4) is 0 Å². The predicted molar refractivity (Wildman–Crippen MR) is 95.5 cm³/mol. The van der Waals surface area contributed by atoms with Gasteiger partial charge < -0.3 is 9.80 Å². The Morgan fingerprint density at radius 3 is 1.91 bits per heavy atom. The standard InChI is InChI=1S/C19H24N2S/c1-4-20(5-2)14-15(3)21-16-10-6-8-12-18(16)22-19-13-9-7-11-17(19)21/h6-13,15H,4-5,14H2,1-3H3/p+1. The van der Waals surface area contributed by atoms with Crippen LogP contribution < -0.4 is 9.80 Å². The van der Waals surface area contributed by atoms with E-state index in [1.165, 1.54) is 40.8 Å². The van der Waals surface area contributed by atoms with Crippen LogP contribution in [0.1, 0.15) is 20.8 Å². The zero-order valence-corrected chi connectivity index (χ0v) is 14.5. The van der Waals surface area contributed by atoms with Crippen molar-refractivity contribution in [2.45, 2.75) is 36.6 Å². The molecule has 22 heavy (non-hydrogen) atoms. The van der Waals surface area contributed by atoms with Gasteiger partial charge in [-0.15, -0.1) is 0 Å². The molecule has 1 unspecified atom stereocenters. The average molecular weight is 313 g/mol. The molecule has 2 aromatic rings. The van der Waals surface area contributed by atoms with E-state index in [1.54, 1.807) is 4.90 Å². The van der Waals surface area contributed by atoms with Crippen LogP contribution in [-0.2, 0) is 0 Å². The van der Waals surface area contributed by atoms with Crippen molar-refractivity contribution in [1.29, 1.82) is 0 Å². The maximum Gasteiger partial charge on any atom is 0.0979 e. The number of anilines is 2. The number of rotatable bonds is 5. The molecule has 0 fully saturated rings. The number of likely N-dealkylation sites (N-methyl/N-ethyl adjacent to an activating group) is 1. The van der Waals surface area contributed by atoms with Gasteiger partial charge in [0.1, 0.15) is 0 Å². The largest absolute Gasteiger partial charge is 0.334 e. The number of nitrogens with one attached hydrogen (secondary N) is 1. The fourth-order valence-electron chi connectivity index (χ4n) is 3.26. The molecule has 3 rings (SSSR count).